The molecule has 9 heteroatoms. The molecule has 8 nitrogen and oxygen atoms in total. The molecule has 0 aromatic heterocycles. The first-order valence-corrected chi connectivity index (χ1v) is 10.7. The van der Waals surface area contributed by atoms with Crippen LogP contribution >= 0.6 is 11.6 Å². The highest BCUT2D eigenvalue weighted by atomic mass is 35.5. The monoisotopic (exact) mass is 461 g/mol. The van der Waals surface area contributed by atoms with Gasteiger partial charge in [-0.3, -0.25) is 25.2 Å². The van der Waals surface area contributed by atoms with Crippen LogP contribution in [0.2, 0.25) is 5.02 Å². The van der Waals surface area contributed by atoms with E-state index in [2.05, 4.69) is 16.2 Å². The standard InChI is InChI=1S/C23H28ClN3O5/c1-5-14(3)20(25-21(28)15-7-10-17(24)11-8-15)23(30)27-26-22(29)16-9-12-18(32-6-2)19(13-16)31-4/h7-14,20H,5-6H2,1-4H3,(H,25,28)(H,26,29)(H,27,30)/t14-,20-/m0/s1. The molecule has 32 heavy (non-hydrogen) atoms. The lowest BCUT2D eigenvalue weighted by molar-refractivity contribution is -0.124. The topological polar surface area (TPSA) is 106 Å². The minimum Gasteiger partial charge on any atom is -0.493 e. The molecule has 0 unspecified atom stereocenters. The van der Waals surface area contributed by atoms with Gasteiger partial charge in [-0.1, -0.05) is 31.9 Å². The first kappa shape index (κ1) is 25.0. The van der Waals surface area contributed by atoms with Gasteiger partial charge >= 0.3 is 0 Å². The number of carbonyl (C=O) groups excluding carboxylic acids is 3. The molecule has 3 N–H and O–H groups in total. The smallest absolute Gasteiger partial charge is 0.269 e. The zero-order valence-corrected chi connectivity index (χ0v) is 19.3. The van der Waals surface area contributed by atoms with E-state index in [9.17, 15) is 14.4 Å². The highest BCUT2D eigenvalue weighted by molar-refractivity contribution is 6.30. The third-order valence-corrected chi connectivity index (χ3v) is 5.17. The Balaban J connectivity index is 2.05. The summed E-state index contributed by atoms with van der Waals surface area (Å²) in [6.07, 6.45) is 0.642. The Morgan fingerprint density at radius 1 is 0.938 bits per heavy atom. The van der Waals surface area contributed by atoms with Crippen LogP contribution in [0.1, 0.15) is 47.9 Å². The Labute approximate surface area is 192 Å². The van der Waals surface area contributed by atoms with E-state index in [0.29, 0.717) is 35.1 Å². The van der Waals surface area contributed by atoms with Gasteiger partial charge in [0, 0.05) is 16.1 Å². The maximum absolute atomic E-state index is 12.8. The third-order valence-electron chi connectivity index (χ3n) is 4.91. The summed E-state index contributed by atoms with van der Waals surface area (Å²) in [6.45, 7) is 6.04. The van der Waals surface area contributed by atoms with E-state index in [0.717, 1.165) is 0 Å². The molecule has 0 spiro atoms. The number of hydrogen-bond donors (Lipinski definition) is 3. The number of nitrogens with one attached hydrogen (secondary N) is 3. The number of rotatable bonds is 9. The van der Waals surface area contributed by atoms with Gasteiger partial charge in [0.1, 0.15) is 6.04 Å². The van der Waals surface area contributed by atoms with Crippen LogP contribution < -0.4 is 25.6 Å². The number of hydrogen-bond acceptors (Lipinski definition) is 5. The summed E-state index contributed by atoms with van der Waals surface area (Å²) in [5, 5.41) is 3.23. The number of methoxy groups -OCH3 is 1. The van der Waals surface area contributed by atoms with Crippen molar-refractivity contribution in [1.82, 2.24) is 16.2 Å². The molecule has 0 fully saturated rings. The number of hydrazine groups is 1. The van der Waals surface area contributed by atoms with Crippen molar-refractivity contribution in [3.63, 3.8) is 0 Å². The Kier molecular flexibility index (Phi) is 9.34. The highest BCUT2D eigenvalue weighted by Gasteiger charge is 2.27. The predicted molar refractivity (Wildman–Crippen MR) is 122 cm³/mol. The second kappa shape index (κ2) is 12.0. The van der Waals surface area contributed by atoms with E-state index >= 15 is 0 Å². The lowest BCUT2D eigenvalue weighted by Gasteiger charge is -2.23. The molecule has 0 aliphatic carbocycles. The van der Waals surface area contributed by atoms with Crippen LogP contribution in [0, 0.1) is 5.92 Å². The molecular weight excluding hydrogens is 434 g/mol. The number of carbonyl (C=O) groups is 3. The van der Waals surface area contributed by atoms with Gasteiger partial charge in [0.2, 0.25) is 0 Å². The van der Waals surface area contributed by atoms with E-state index < -0.39 is 23.8 Å². The van der Waals surface area contributed by atoms with Crippen molar-refractivity contribution in [2.45, 2.75) is 33.2 Å². The summed E-state index contributed by atoms with van der Waals surface area (Å²) in [5.74, 6) is -0.742. The summed E-state index contributed by atoms with van der Waals surface area (Å²) in [4.78, 5) is 37.8. The molecule has 2 aromatic carbocycles. The van der Waals surface area contributed by atoms with Crippen molar-refractivity contribution in [3.8, 4) is 11.5 Å². The van der Waals surface area contributed by atoms with Gasteiger partial charge in [-0.05, 0) is 55.3 Å². The van der Waals surface area contributed by atoms with Crippen LogP contribution in [0.5, 0.6) is 11.5 Å². The summed E-state index contributed by atoms with van der Waals surface area (Å²) < 4.78 is 10.7. The first-order valence-electron chi connectivity index (χ1n) is 10.3. The van der Waals surface area contributed by atoms with Crippen LogP contribution in [0.25, 0.3) is 0 Å². The molecule has 0 bridgehead atoms. The maximum Gasteiger partial charge on any atom is 0.269 e. The Bertz CT molecular complexity index is 949. The van der Waals surface area contributed by atoms with E-state index in [1.807, 2.05) is 20.8 Å². The van der Waals surface area contributed by atoms with Gasteiger partial charge in [0.25, 0.3) is 17.7 Å². The SMILES string of the molecule is CCOc1ccc(C(=O)NNC(=O)[C@@H](NC(=O)c2ccc(Cl)cc2)[C@@H](C)CC)cc1OC. The average Bonchev–Trinajstić information content (AvgIpc) is 2.80. The minimum atomic E-state index is -0.849. The van der Waals surface area contributed by atoms with Gasteiger partial charge in [0.15, 0.2) is 11.5 Å². The van der Waals surface area contributed by atoms with Crippen LogP contribution in [-0.4, -0.2) is 37.5 Å². The molecule has 0 saturated carbocycles. The van der Waals surface area contributed by atoms with Crippen molar-refractivity contribution in [2.75, 3.05) is 13.7 Å². The number of benzene rings is 2. The van der Waals surface area contributed by atoms with Gasteiger partial charge < -0.3 is 14.8 Å². The Morgan fingerprint density at radius 3 is 2.19 bits per heavy atom. The van der Waals surface area contributed by atoms with E-state index in [1.54, 1.807) is 36.4 Å². The van der Waals surface area contributed by atoms with Gasteiger partial charge in [-0.15, -0.1) is 0 Å². The van der Waals surface area contributed by atoms with Crippen molar-refractivity contribution >= 4 is 29.3 Å². The maximum atomic E-state index is 12.8. The summed E-state index contributed by atoms with van der Waals surface area (Å²) >= 11 is 5.86. The first-order chi connectivity index (χ1) is 15.3. The van der Waals surface area contributed by atoms with Gasteiger partial charge in [0.05, 0.1) is 13.7 Å². The van der Waals surface area contributed by atoms with E-state index in [4.69, 9.17) is 21.1 Å². The van der Waals surface area contributed by atoms with E-state index in [1.165, 1.54) is 13.2 Å². The van der Waals surface area contributed by atoms with Crippen LogP contribution in [0.3, 0.4) is 0 Å². The lowest BCUT2D eigenvalue weighted by atomic mass is 9.98. The highest BCUT2D eigenvalue weighted by Crippen LogP contribution is 2.27. The Hall–Kier alpha value is -3.26. The molecule has 0 aliphatic heterocycles. The fourth-order valence-corrected chi connectivity index (χ4v) is 3.01. The third kappa shape index (κ3) is 6.62. The second-order valence-corrected chi connectivity index (χ2v) is 7.52. The zero-order valence-electron chi connectivity index (χ0n) is 18.5. The van der Waals surface area contributed by atoms with Crippen molar-refractivity contribution in [3.05, 3.63) is 58.6 Å². The average molecular weight is 462 g/mol. The van der Waals surface area contributed by atoms with E-state index in [-0.39, 0.29) is 11.5 Å². The molecule has 0 radical (unpaired) electrons. The molecule has 0 heterocycles. The number of ether oxygens (including phenoxy) is 2. The molecule has 172 valence electrons. The predicted octanol–water partition coefficient (Wildman–Crippen LogP) is 3.35. The van der Waals surface area contributed by atoms with Gasteiger partial charge in [-0.25, -0.2) is 0 Å². The molecule has 0 aliphatic rings. The van der Waals surface area contributed by atoms with Crippen LogP contribution in [0.4, 0.5) is 0 Å². The molecule has 2 rings (SSSR count). The van der Waals surface area contributed by atoms with Crippen LogP contribution in [0.15, 0.2) is 42.5 Å². The van der Waals surface area contributed by atoms with Crippen molar-refractivity contribution in [1.29, 1.82) is 0 Å². The fourth-order valence-electron chi connectivity index (χ4n) is 2.88. The second-order valence-electron chi connectivity index (χ2n) is 7.09. The molecule has 2 atom stereocenters. The summed E-state index contributed by atoms with van der Waals surface area (Å²) in [7, 11) is 1.47. The van der Waals surface area contributed by atoms with Crippen molar-refractivity contribution < 1.29 is 23.9 Å². The Morgan fingerprint density at radius 2 is 1.59 bits per heavy atom. The van der Waals surface area contributed by atoms with Crippen molar-refractivity contribution in [2.24, 2.45) is 5.92 Å². The summed E-state index contributed by atoms with van der Waals surface area (Å²) in [6, 6.07) is 10.2. The molecule has 0 saturated heterocycles. The lowest BCUT2D eigenvalue weighted by Crippen LogP contribution is -2.54. The summed E-state index contributed by atoms with van der Waals surface area (Å²) in [5.41, 5.74) is 5.42. The van der Waals surface area contributed by atoms with Crippen LogP contribution in [-0.2, 0) is 4.79 Å². The molecule has 3 amide bonds. The molecule has 2 aromatic rings. The minimum absolute atomic E-state index is 0.172. The zero-order chi connectivity index (χ0) is 23.7. The molecular formula is C23H28ClN3O5. The largest absolute Gasteiger partial charge is 0.493 e. The number of amides is 3. The fraction of sp³-hybridized carbons (Fsp3) is 0.348. The quantitative estimate of drug-likeness (QED) is 0.496. The normalized spacial score (nSPS) is 12.3. The number of halogens is 1. The van der Waals surface area contributed by atoms with Gasteiger partial charge in [-0.2, -0.15) is 0 Å².